The van der Waals surface area contributed by atoms with Crippen LogP contribution < -0.4 is 19.6 Å². The number of nitrogens with zero attached hydrogens (tertiary/aromatic N) is 2. The summed E-state index contributed by atoms with van der Waals surface area (Å²) in [5.41, 5.74) is 2.00. The van der Waals surface area contributed by atoms with Crippen LogP contribution in [0.5, 0.6) is 11.5 Å². The lowest BCUT2D eigenvalue weighted by Crippen LogP contribution is -2.39. The number of esters is 1. The van der Waals surface area contributed by atoms with Gasteiger partial charge in [0.15, 0.2) is 4.80 Å². The van der Waals surface area contributed by atoms with E-state index < -0.39 is 12.0 Å². The van der Waals surface area contributed by atoms with Gasteiger partial charge in [-0.15, -0.1) is 0 Å². The summed E-state index contributed by atoms with van der Waals surface area (Å²) in [6, 6.07) is 13.2. The third kappa shape index (κ3) is 3.97. The maximum atomic E-state index is 13.5. The van der Waals surface area contributed by atoms with Crippen molar-refractivity contribution in [2.75, 3.05) is 13.7 Å². The number of hydrogen-bond donors (Lipinski definition) is 1. The van der Waals surface area contributed by atoms with Crippen LogP contribution in [-0.4, -0.2) is 29.4 Å². The van der Waals surface area contributed by atoms with Crippen molar-refractivity contribution in [3.05, 3.63) is 90.6 Å². The van der Waals surface area contributed by atoms with Crippen LogP contribution in [-0.2, 0) is 9.53 Å². The first-order valence-corrected chi connectivity index (χ1v) is 10.9. The number of carbonyl (C=O) groups excluding carboxylic acids is 1. The Bertz CT molecular complexity index is 1380. The van der Waals surface area contributed by atoms with Crippen molar-refractivity contribution >= 4 is 23.4 Å². The zero-order valence-corrected chi connectivity index (χ0v) is 18.7. The molecule has 1 aliphatic rings. The van der Waals surface area contributed by atoms with Gasteiger partial charge in [0.05, 0.1) is 35.6 Å². The van der Waals surface area contributed by atoms with Gasteiger partial charge in [-0.3, -0.25) is 9.36 Å². The van der Waals surface area contributed by atoms with Gasteiger partial charge in [-0.1, -0.05) is 35.6 Å². The first-order valence-electron chi connectivity index (χ1n) is 10.1. The largest absolute Gasteiger partial charge is 0.508 e. The number of allylic oxidation sites excluding steroid dienone is 1. The van der Waals surface area contributed by atoms with E-state index in [4.69, 9.17) is 9.47 Å². The van der Waals surface area contributed by atoms with E-state index in [9.17, 15) is 14.7 Å². The standard InChI is InChI=1S/C24H22N2O5S/c1-4-31-23(29)20-14(2)25-24-26(21(20)16-8-10-18(30-3)11-9-16)22(28)19(32-24)13-15-6-5-7-17(27)12-15/h5-13,21,27H,4H2,1-3H3/t21-/m1/s1. The third-order valence-corrected chi connectivity index (χ3v) is 6.10. The molecule has 2 heterocycles. The number of phenols is 1. The first kappa shape index (κ1) is 21.6. The van der Waals surface area contributed by atoms with Crippen molar-refractivity contribution in [1.29, 1.82) is 0 Å². The van der Waals surface area contributed by atoms with Gasteiger partial charge >= 0.3 is 5.97 Å². The Balaban J connectivity index is 1.94. The van der Waals surface area contributed by atoms with Gasteiger partial charge in [0.25, 0.3) is 5.56 Å². The molecule has 0 saturated heterocycles. The minimum atomic E-state index is -0.678. The summed E-state index contributed by atoms with van der Waals surface area (Å²) in [6.07, 6.45) is 1.71. The number of fused-ring (bicyclic) bond motifs is 1. The molecule has 164 valence electrons. The molecule has 1 aromatic heterocycles. The predicted molar refractivity (Wildman–Crippen MR) is 121 cm³/mol. The average molecular weight is 451 g/mol. The maximum Gasteiger partial charge on any atom is 0.338 e. The molecule has 0 unspecified atom stereocenters. The van der Waals surface area contributed by atoms with E-state index in [1.54, 1.807) is 63.4 Å². The van der Waals surface area contributed by atoms with Gasteiger partial charge in [-0.2, -0.15) is 0 Å². The molecule has 7 nitrogen and oxygen atoms in total. The van der Waals surface area contributed by atoms with E-state index in [2.05, 4.69) is 4.99 Å². The molecular formula is C24H22N2O5S. The summed E-state index contributed by atoms with van der Waals surface area (Å²) in [4.78, 5) is 31.4. The first-order chi connectivity index (χ1) is 15.4. The molecule has 32 heavy (non-hydrogen) atoms. The lowest BCUT2D eigenvalue weighted by molar-refractivity contribution is -0.139. The Morgan fingerprint density at radius 1 is 1.25 bits per heavy atom. The number of methoxy groups -OCH3 is 1. The molecule has 0 fully saturated rings. The fraction of sp³-hybridized carbons (Fsp3) is 0.208. The Labute approximate surface area is 188 Å². The average Bonchev–Trinajstić information content (AvgIpc) is 3.07. The lowest BCUT2D eigenvalue weighted by Gasteiger charge is -2.24. The number of aromatic hydroxyl groups is 1. The summed E-state index contributed by atoms with van der Waals surface area (Å²) in [6.45, 7) is 3.70. The zero-order chi connectivity index (χ0) is 22.8. The number of hydrogen-bond acceptors (Lipinski definition) is 7. The molecule has 0 saturated carbocycles. The van der Waals surface area contributed by atoms with Crippen LogP contribution in [0.3, 0.4) is 0 Å². The van der Waals surface area contributed by atoms with E-state index in [1.807, 2.05) is 12.1 Å². The highest BCUT2D eigenvalue weighted by molar-refractivity contribution is 7.07. The Kier molecular flexibility index (Phi) is 5.96. The Hall–Kier alpha value is -3.65. The van der Waals surface area contributed by atoms with Crippen LogP contribution in [0.1, 0.15) is 31.0 Å². The molecule has 4 rings (SSSR count). The second-order valence-electron chi connectivity index (χ2n) is 7.17. The van der Waals surface area contributed by atoms with Gasteiger partial charge in [0, 0.05) is 0 Å². The molecule has 0 spiro atoms. The van der Waals surface area contributed by atoms with Crippen molar-refractivity contribution in [3.63, 3.8) is 0 Å². The summed E-state index contributed by atoms with van der Waals surface area (Å²) in [5.74, 6) is 0.281. The number of carbonyl (C=O) groups is 1. The van der Waals surface area contributed by atoms with Crippen LogP contribution in [0.2, 0.25) is 0 Å². The van der Waals surface area contributed by atoms with E-state index in [0.29, 0.717) is 31.9 Å². The number of ether oxygens (including phenoxy) is 2. The highest BCUT2D eigenvalue weighted by Crippen LogP contribution is 2.31. The molecular weight excluding hydrogens is 428 g/mol. The second kappa shape index (κ2) is 8.84. The molecule has 1 aliphatic heterocycles. The number of phenolic OH excluding ortho intramolecular Hbond substituents is 1. The summed E-state index contributed by atoms with van der Waals surface area (Å²) < 4.78 is 12.5. The number of thiazole rings is 1. The fourth-order valence-corrected chi connectivity index (χ4v) is 4.71. The summed E-state index contributed by atoms with van der Waals surface area (Å²) in [5, 5.41) is 9.75. The van der Waals surface area contributed by atoms with E-state index in [0.717, 1.165) is 5.56 Å². The van der Waals surface area contributed by atoms with E-state index >= 15 is 0 Å². The Morgan fingerprint density at radius 2 is 2.00 bits per heavy atom. The van der Waals surface area contributed by atoms with Crippen molar-refractivity contribution in [1.82, 2.24) is 4.57 Å². The predicted octanol–water partition coefficient (Wildman–Crippen LogP) is 2.51. The van der Waals surface area contributed by atoms with Crippen LogP contribution >= 0.6 is 11.3 Å². The van der Waals surface area contributed by atoms with Gasteiger partial charge in [0.1, 0.15) is 11.5 Å². The van der Waals surface area contributed by atoms with Crippen molar-refractivity contribution < 1.29 is 19.4 Å². The number of rotatable bonds is 5. The van der Waals surface area contributed by atoms with E-state index in [-0.39, 0.29) is 17.9 Å². The minimum Gasteiger partial charge on any atom is -0.508 e. The highest BCUT2D eigenvalue weighted by Gasteiger charge is 2.33. The molecule has 2 aromatic carbocycles. The summed E-state index contributed by atoms with van der Waals surface area (Å²) >= 11 is 1.24. The minimum absolute atomic E-state index is 0.114. The van der Waals surface area contributed by atoms with Gasteiger partial charge in [0.2, 0.25) is 0 Å². The molecule has 1 N–H and O–H groups in total. The van der Waals surface area contributed by atoms with Crippen LogP contribution in [0.25, 0.3) is 6.08 Å². The summed E-state index contributed by atoms with van der Waals surface area (Å²) in [7, 11) is 1.58. The number of benzene rings is 2. The SMILES string of the molecule is CCOC(=O)C1=C(C)N=c2sc(=Cc3cccc(O)c3)c(=O)n2[C@@H]1c1ccc(OC)cc1. The van der Waals surface area contributed by atoms with Gasteiger partial charge in [-0.25, -0.2) is 9.79 Å². The molecule has 3 aromatic rings. The number of aromatic nitrogens is 1. The fourth-order valence-electron chi connectivity index (χ4n) is 3.66. The topological polar surface area (TPSA) is 90.1 Å². The zero-order valence-electron chi connectivity index (χ0n) is 17.9. The second-order valence-corrected chi connectivity index (χ2v) is 8.18. The normalized spacial score (nSPS) is 15.8. The van der Waals surface area contributed by atoms with Crippen molar-refractivity contribution in [2.24, 2.45) is 4.99 Å². The van der Waals surface area contributed by atoms with Crippen LogP contribution in [0.4, 0.5) is 0 Å². The third-order valence-electron chi connectivity index (χ3n) is 5.12. The van der Waals surface area contributed by atoms with Gasteiger partial charge < -0.3 is 14.6 Å². The molecule has 0 aliphatic carbocycles. The smallest absolute Gasteiger partial charge is 0.338 e. The molecule has 0 amide bonds. The Morgan fingerprint density at radius 3 is 2.66 bits per heavy atom. The molecule has 1 atom stereocenters. The lowest BCUT2D eigenvalue weighted by atomic mass is 9.96. The molecule has 8 heteroatoms. The highest BCUT2D eigenvalue weighted by atomic mass is 32.1. The molecule has 0 bridgehead atoms. The van der Waals surface area contributed by atoms with E-state index in [1.165, 1.54) is 15.9 Å². The van der Waals surface area contributed by atoms with Crippen molar-refractivity contribution in [3.8, 4) is 11.5 Å². The van der Waals surface area contributed by atoms with Crippen molar-refractivity contribution in [2.45, 2.75) is 19.9 Å². The maximum absolute atomic E-state index is 13.5. The van der Waals surface area contributed by atoms with Crippen LogP contribution in [0, 0.1) is 0 Å². The quantitative estimate of drug-likeness (QED) is 0.604. The van der Waals surface area contributed by atoms with Crippen LogP contribution in [0.15, 0.2) is 69.6 Å². The monoisotopic (exact) mass is 450 g/mol. The van der Waals surface area contributed by atoms with Gasteiger partial charge in [-0.05, 0) is 55.3 Å². The molecule has 0 radical (unpaired) electrons.